The molecule has 12 aromatic rings. The fraction of sp³-hybridized carbons (Fsp3) is 0. The zero-order chi connectivity index (χ0) is 43.5. The fourth-order valence-electron chi connectivity index (χ4n) is 11.0. The Morgan fingerprint density at radius 3 is 1.66 bits per heavy atom. The predicted octanol–water partition coefficient (Wildman–Crippen LogP) is 2.59. The van der Waals surface area contributed by atoms with Crippen LogP contribution in [0.25, 0.3) is 110 Å². The van der Waals surface area contributed by atoms with E-state index in [-0.39, 0.29) is 0 Å². The molecule has 0 radical (unpaired) electrons. The number of nitrogens with zero attached hydrogens (tertiary/aromatic N) is 2. The van der Waals surface area contributed by atoms with Crippen molar-refractivity contribution >= 4 is 159 Å². The summed E-state index contributed by atoms with van der Waals surface area (Å²) in [6.07, 6.45) is 0. The van der Waals surface area contributed by atoms with Crippen molar-refractivity contribution in [3.05, 3.63) is 164 Å². The van der Waals surface area contributed by atoms with Gasteiger partial charge in [0, 0.05) is 61.0 Å². The SMILES string of the molecule is Bc1c(B)c(B)c2c(c1B)c1c(B)c(-c3ccc4c(c3)c3cccc(-c5ccccc5)c3n4-c3ccc4c(c3)oc3ccccc34)c(B)c(B)c1n2-c1ccc(-c2ccccc2)cc1. The molecule has 12 rings (SSSR count). The van der Waals surface area contributed by atoms with Crippen LogP contribution in [-0.2, 0) is 0 Å². The summed E-state index contributed by atoms with van der Waals surface area (Å²) in [5, 5.41) is 7.42. The maximum absolute atomic E-state index is 6.48. The maximum atomic E-state index is 6.48. The lowest BCUT2D eigenvalue weighted by Gasteiger charge is -2.19. The molecule has 0 aliphatic rings. The highest BCUT2D eigenvalue weighted by atomic mass is 16.3. The molecule has 3 heterocycles. The Labute approximate surface area is 379 Å². The monoisotopic (exact) mass is 810 g/mol. The fourth-order valence-corrected chi connectivity index (χ4v) is 11.0. The number of benzene rings is 9. The van der Waals surface area contributed by atoms with Crippen LogP contribution in [0.3, 0.4) is 0 Å². The molecule has 0 aliphatic carbocycles. The molecule has 10 heteroatoms. The van der Waals surface area contributed by atoms with Gasteiger partial charge in [0.1, 0.15) is 66.1 Å². The average molecular weight is 810 g/mol. The standard InChI is InChI=1S/C54H41B7N2O/c55-45-42(46(56)50(60)53-43(45)44-47(57)48(58)49(59)51(61)54(44)63(53)32-21-18-29(19-22-32)28-10-3-1-4-11-28)31-20-25-39-38(26-31)37-16-9-15-34(30-12-5-2-6-13-30)52(37)62(39)33-23-24-36-35-14-7-8-17-40(35)64-41(36)27-33/h1-27H,55-61H2. The molecule has 64 heavy (non-hydrogen) atoms. The summed E-state index contributed by atoms with van der Waals surface area (Å²) >= 11 is 0. The summed E-state index contributed by atoms with van der Waals surface area (Å²) in [4.78, 5) is 0. The molecule has 0 unspecified atom stereocenters. The molecule has 3 aromatic heterocycles. The van der Waals surface area contributed by atoms with E-state index in [0.717, 1.165) is 27.6 Å². The zero-order valence-electron chi connectivity index (χ0n) is 37.4. The summed E-state index contributed by atoms with van der Waals surface area (Å²) in [6.45, 7) is 0. The van der Waals surface area contributed by atoms with Crippen LogP contribution in [0.4, 0.5) is 0 Å². The zero-order valence-corrected chi connectivity index (χ0v) is 37.4. The Morgan fingerprint density at radius 1 is 0.328 bits per heavy atom. The Hall–Kier alpha value is -7.17. The minimum absolute atomic E-state index is 0.889. The molecule has 3 nitrogen and oxygen atoms in total. The van der Waals surface area contributed by atoms with Crippen LogP contribution in [0.2, 0.25) is 0 Å². The molecule has 0 N–H and O–H groups in total. The van der Waals surface area contributed by atoms with Gasteiger partial charge in [-0.3, -0.25) is 0 Å². The number of aromatic nitrogens is 2. The third kappa shape index (κ3) is 5.51. The predicted molar refractivity (Wildman–Crippen MR) is 296 cm³/mol. The van der Waals surface area contributed by atoms with Crippen molar-refractivity contribution in [1.29, 1.82) is 0 Å². The molecule has 294 valence electrons. The van der Waals surface area contributed by atoms with E-state index in [4.69, 9.17) is 4.42 Å². The summed E-state index contributed by atoms with van der Waals surface area (Å²) < 4.78 is 11.5. The van der Waals surface area contributed by atoms with Gasteiger partial charge in [0.2, 0.25) is 0 Å². The molecule has 0 spiro atoms. The van der Waals surface area contributed by atoms with E-state index < -0.39 is 0 Å². The quantitative estimate of drug-likeness (QED) is 0.246. The van der Waals surface area contributed by atoms with E-state index in [1.54, 1.807) is 0 Å². The van der Waals surface area contributed by atoms with E-state index in [1.165, 1.54) is 121 Å². The third-order valence-corrected chi connectivity index (χ3v) is 14.6. The average Bonchev–Trinajstić information content (AvgIpc) is 4.01. The van der Waals surface area contributed by atoms with Crippen molar-refractivity contribution in [3.63, 3.8) is 0 Å². The van der Waals surface area contributed by atoms with Crippen molar-refractivity contribution in [2.24, 2.45) is 0 Å². The number of furan rings is 1. The van der Waals surface area contributed by atoms with Gasteiger partial charge in [-0.15, -0.1) is 5.46 Å². The highest BCUT2D eigenvalue weighted by Crippen LogP contribution is 2.41. The maximum Gasteiger partial charge on any atom is 0.141 e. The molecule has 0 bridgehead atoms. The van der Waals surface area contributed by atoms with Crippen LogP contribution in [-0.4, -0.2) is 64.1 Å². The molecule has 0 saturated heterocycles. The second kappa shape index (κ2) is 14.4. The van der Waals surface area contributed by atoms with Crippen LogP contribution < -0.4 is 38.2 Å². The van der Waals surface area contributed by atoms with Gasteiger partial charge < -0.3 is 13.6 Å². The molecule has 0 saturated carbocycles. The summed E-state index contributed by atoms with van der Waals surface area (Å²) in [5.74, 6) is 0. The molecule has 0 aliphatic heterocycles. The molecule has 0 atom stereocenters. The highest BCUT2D eigenvalue weighted by molar-refractivity contribution is 6.69. The van der Waals surface area contributed by atoms with E-state index in [1.807, 2.05) is 6.07 Å². The first-order chi connectivity index (χ1) is 31.2. The summed E-state index contributed by atoms with van der Waals surface area (Å²) in [6, 6.07) is 59.6. The van der Waals surface area contributed by atoms with Crippen molar-refractivity contribution in [2.75, 3.05) is 0 Å². The van der Waals surface area contributed by atoms with E-state index in [0.29, 0.717) is 0 Å². The molecular weight excluding hydrogens is 768 g/mol. The van der Waals surface area contributed by atoms with Gasteiger partial charge in [-0.2, -0.15) is 0 Å². The van der Waals surface area contributed by atoms with E-state index in [9.17, 15) is 0 Å². The lowest BCUT2D eigenvalue weighted by Crippen LogP contribution is -2.48. The molecule has 0 fully saturated rings. The second-order valence-electron chi connectivity index (χ2n) is 17.9. The largest absolute Gasteiger partial charge is 0.456 e. The van der Waals surface area contributed by atoms with Crippen LogP contribution in [0, 0.1) is 0 Å². The van der Waals surface area contributed by atoms with Gasteiger partial charge in [0.05, 0.1) is 11.0 Å². The van der Waals surface area contributed by atoms with E-state index in [2.05, 4.69) is 222 Å². The van der Waals surface area contributed by atoms with Gasteiger partial charge in [0.25, 0.3) is 0 Å². The topological polar surface area (TPSA) is 23.0 Å². The normalized spacial score (nSPS) is 11.9. The van der Waals surface area contributed by atoms with Crippen LogP contribution in [0.5, 0.6) is 0 Å². The first kappa shape index (κ1) is 38.5. The van der Waals surface area contributed by atoms with Crippen LogP contribution in [0.1, 0.15) is 0 Å². The number of para-hydroxylation sites is 2. The van der Waals surface area contributed by atoms with Gasteiger partial charge in [-0.1, -0.05) is 148 Å². The van der Waals surface area contributed by atoms with Crippen molar-refractivity contribution in [1.82, 2.24) is 9.13 Å². The highest BCUT2D eigenvalue weighted by Gasteiger charge is 2.26. The van der Waals surface area contributed by atoms with Crippen LogP contribution >= 0.6 is 0 Å². The second-order valence-corrected chi connectivity index (χ2v) is 17.9. The number of hydrogen-bond acceptors (Lipinski definition) is 1. The first-order valence-electron chi connectivity index (χ1n) is 22.4. The summed E-state index contributed by atoms with van der Waals surface area (Å²) in [5.41, 5.74) is 25.7. The summed E-state index contributed by atoms with van der Waals surface area (Å²) in [7, 11) is 16.3. The molecule has 0 amide bonds. The number of rotatable bonds is 5. The minimum Gasteiger partial charge on any atom is -0.456 e. The van der Waals surface area contributed by atoms with Gasteiger partial charge in [0.15, 0.2) is 0 Å². The number of hydrogen-bond donors (Lipinski definition) is 0. The van der Waals surface area contributed by atoms with Gasteiger partial charge in [-0.25, -0.2) is 0 Å². The Kier molecular flexibility index (Phi) is 8.69. The molecule has 9 aromatic carbocycles. The third-order valence-electron chi connectivity index (χ3n) is 14.6. The lowest BCUT2D eigenvalue weighted by molar-refractivity contribution is 0.668. The smallest absolute Gasteiger partial charge is 0.141 e. The van der Waals surface area contributed by atoms with Crippen molar-refractivity contribution in [2.45, 2.75) is 0 Å². The number of fused-ring (bicyclic) bond motifs is 9. The first-order valence-corrected chi connectivity index (χ1v) is 22.4. The van der Waals surface area contributed by atoms with E-state index >= 15 is 0 Å². The van der Waals surface area contributed by atoms with Crippen LogP contribution in [0.15, 0.2) is 168 Å². The van der Waals surface area contributed by atoms with Gasteiger partial charge in [-0.05, 0) is 75.7 Å². The lowest BCUT2D eigenvalue weighted by atomic mass is 9.64. The van der Waals surface area contributed by atoms with Crippen molar-refractivity contribution < 1.29 is 4.42 Å². The van der Waals surface area contributed by atoms with Gasteiger partial charge >= 0.3 is 0 Å². The minimum atomic E-state index is 0.889. The molecular formula is C54H41B7N2O. The Balaban J connectivity index is 1.13. The Morgan fingerprint density at radius 2 is 0.906 bits per heavy atom. The Bertz CT molecular complexity index is 3910. The van der Waals surface area contributed by atoms with Crippen molar-refractivity contribution in [3.8, 4) is 44.8 Å².